The minimum absolute atomic E-state index is 0.182. The Morgan fingerprint density at radius 2 is 1.88 bits per heavy atom. The number of carbonyl (C=O) groups is 3. The van der Waals surface area contributed by atoms with Gasteiger partial charge in [0.15, 0.2) is 0 Å². The third kappa shape index (κ3) is 7.58. The average Bonchev–Trinajstić information content (AvgIpc) is 2.21. The van der Waals surface area contributed by atoms with Gasteiger partial charge in [-0.15, -0.1) is 0 Å². The molecule has 0 rings (SSSR count). The number of carboxylic acid groups (broad SMARTS) is 2. The molecular formula is C9H16N2O5S. The second kappa shape index (κ2) is 7.91. The van der Waals surface area contributed by atoms with E-state index in [2.05, 4.69) is 5.32 Å². The van der Waals surface area contributed by atoms with Gasteiger partial charge in [0.25, 0.3) is 0 Å². The Morgan fingerprint density at radius 3 is 2.29 bits per heavy atom. The topological polar surface area (TPSA) is 130 Å². The Hall–Kier alpha value is -1.28. The largest absolute Gasteiger partial charge is 0.480 e. The van der Waals surface area contributed by atoms with Crippen LogP contribution in [0.4, 0.5) is 0 Å². The zero-order valence-electron chi connectivity index (χ0n) is 9.38. The van der Waals surface area contributed by atoms with E-state index in [-0.39, 0.29) is 12.2 Å². The molecule has 0 aliphatic heterocycles. The van der Waals surface area contributed by atoms with Gasteiger partial charge < -0.3 is 21.3 Å². The molecule has 7 nitrogen and oxygen atoms in total. The number of rotatable bonds is 8. The van der Waals surface area contributed by atoms with E-state index in [1.54, 1.807) is 0 Å². The Labute approximate surface area is 103 Å². The molecule has 0 heterocycles. The third-order valence-electron chi connectivity index (χ3n) is 1.85. The molecule has 0 bridgehead atoms. The summed E-state index contributed by atoms with van der Waals surface area (Å²) in [6.45, 7) is 1.24. The lowest BCUT2D eigenvalue weighted by Gasteiger charge is -2.13. The number of hydrogen-bond donors (Lipinski definition) is 4. The average molecular weight is 264 g/mol. The van der Waals surface area contributed by atoms with E-state index in [1.165, 1.54) is 18.7 Å². The smallest absolute Gasteiger partial charge is 0.327 e. The van der Waals surface area contributed by atoms with Crippen molar-refractivity contribution in [3.63, 3.8) is 0 Å². The van der Waals surface area contributed by atoms with Gasteiger partial charge in [-0.2, -0.15) is 11.8 Å². The van der Waals surface area contributed by atoms with Crippen molar-refractivity contribution in [2.45, 2.75) is 25.4 Å². The predicted molar refractivity (Wildman–Crippen MR) is 62.8 cm³/mol. The number of aliphatic carboxylic acids is 2. The van der Waals surface area contributed by atoms with Crippen LogP contribution in [0.15, 0.2) is 0 Å². The number of nitrogens with one attached hydrogen (secondary N) is 1. The summed E-state index contributed by atoms with van der Waals surface area (Å²) in [7, 11) is 0. The molecule has 0 aromatic carbocycles. The van der Waals surface area contributed by atoms with Crippen molar-refractivity contribution in [2.75, 3.05) is 11.5 Å². The maximum atomic E-state index is 10.7. The maximum Gasteiger partial charge on any atom is 0.327 e. The van der Waals surface area contributed by atoms with Gasteiger partial charge in [0, 0.05) is 12.7 Å². The van der Waals surface area contributed by atoms with Crippen molar-refractivity contribution < 1.29 is 24.6 Å². The molecule has 0 fully saturated rings. The zero-order valence-corrected chi connectivity index (χ0v) is 10.2. The van der Waals surface area contributed by atoms with Gasteiger partial charge in [-0.05, 0) is 12.2 Å². The van der Waals surface area contributed by atoms with E-state index in [0.717, 1.165) is 0 Å². The summed E-state index contributed by atoms with van der Waals surface area (Å²) >= 11 is 1.24. The summed E-state index contributed by atoms with van der Waals surface area (Å²) in [6.07, 6.45) is 0.256. The van der Waals surface area contributed by atoms with Crippen molar-refractivity contribution in [1.82, 2.24) is 5.32 Å². The molecule has 5 N–H and O–H groups in total. The second-order valence-electron chi connectivity index (χ2n) is 3.40. The van der Waals surface area contributed by atoms with Crippen LogP contribution in [-0.4, -0.2) is 51.6 Å². The number of amides is 1. The molecule has 2 atom stereocenters. The van der Waals surface area contributed by atoms with Gasteiger partial charge in [0.2, 0.25) is 5.91 Å². The van der Waals surface area contributed by atoms with Crippen LogP contribution in [0.2, 0.25) is 0 Å². The summed E-state index contributed by atoms with van der Waals surface area (Å²) in [6, 6.07) is -1.90. The van der Waals surface area contributed by atoms with E-state index in [0.29, 0.717) is 5.75 Å². The van der Waals surface area contributed by atoms with Crippen LogP contribution >= 0.6 is 11.8 Å². The first kappa shape index (κ1) is 15.7. The molecule has 17 heavy (non-hydrogen) atoms. The summed E-state index contributed by atoms with van der Waals surface area (Å²) in [5, 5.41) is 19.6. The zero-order chi connectivity index (χ0) is 13.4. The first-order valence-corrected chi connectivity index (χ1v) is 6.06. The fourth-order valence-corrected chi connectivity index (χ4v) is 2.00. The number of hydrogen-bond acceptors (Lipinski definition) is 5. The summed E-state index contributed by atoms with van der Waals surface area (Å²) in [5.74, 6) is -2.00. The molecule has 0 aliphatic rings. The molecule has 8 heteroatoms. The normalized spacial score (nSPS) is 13.8. The van der Waals surface area contributed by atoms with Crippen LogP contribution < -0.4 is 11.1 Å². The monoisotopic (exact) mass is 264 g/mol. The minimum atomic E-state index is -1.12. The van der Waals surface area contributed by atoms with E-state index >= 15 is 0 Å². The number of thioether (sulfide) groups is 1. The number of nitrogens with two attached hydrogens (primary N) is 1. The Bertz CT molecular complexity index is 297. The first-order valence-electron chi connectivity index (χ1n) is 4.90. The van der Waals surface area contributed by atoms with E-state index in [9.17, 15) is 14.4 Å². The molecule has 0 radical (unpaired) electrons. The highest BCUT2D eigenvalue weighted by Gasteiger charge is 2.18. The summed E-state index contributed by atoms with van der Waals surface area (Å²) in [4.78, 5) is 31.8. The van der Waals surface area contributed by atoms with Crippen molar-refractivity contribution in [3.05, 3.63) is 0 Å². The minimum Gasteiger partial charge on any atom is -0.480 e. The Morgan fingerprint density at radius 1 is 1.29 bits per heavy atom. The molecule has 0 aromatic heterocycles. The van der Waals surface area contributed by atoms with Gasteiger partial charge in [-0.1, -0.05) is 0 Å². The van der Waals surface area contributed by atoms with Crippen LogP contribution in [0.5, 0.6) is 0 Å². The highest BCUT2D eigenvalue weighted by Crippen LogP contribution is 2.07. The second-order valence-corrected chi connectivity index (χ2v) is 4.55. The van der Waals surface area contributed by atoms with Crippen LogP contribution in [0, 0.1) is 0 Å². The van der Waals surface area contributed by atoms with E-state index < -0.39 is 29.9 Å². The first-order chi connectivity index (χ1) is 7.84. The van der Waals surface area contributed by atoms with Gasteiger partial charge in [0.1, 0.15) is 12.1 Å². The Kier molecular flexibility index (Phi) is 7.31. The molecule has 0 saturated carbocycles. The Balaban J connectivity index is 3.87. The van der Waals surface area contributed by atoms with Crippen molar-refractivity contribution >= 4 is 29.6 Å². The molecule has 98 valence electrons. The molecule has 0 aliphatic carbocycles. The van der Waals surface area contributed by atoms with Gasteiger partial charge in [0.05, 0.1) is 0 Å². The van der Waals surface area contributed by atoms with Crippen molar-refractivity contribution in [3.8, 4) is 0 Å². The van der Waals surface area contributed by atoms with Crippen LogP contribution in [0.1, 0.15) is 13.3 Å². The van der Waals surface area contributed by atoms with Gasteiger partial charge in [-0.25, -0.2) is 4.79 Å². The lowest BCUT2D eigenvalue weighted by atomic mass is 10.2. The quantitative estimate of drug-likeness (QED) is 0.418. The highest BCUT2D eigenvalue weighted by atomic mass is 32.2. The molecular weight excluding hydrogens is 248 g/mol. The van der Waals surface area contributed by atoms with Crippen LogP contribution in [0.25, 0.3) is 0 Å². The van der Waals surface area contributed by atoms with Crippen molar-refractivity contribution in [2.24, 2.45) is 5.73 Å². The SMILES string of the molecule is CC(=O)NC(CSCCC(N)C(=O)O)C(=O)O. The lowest BCUT2D eigenvalue weighted by molar-refractivity contribution is -0.141. The lowest BCUT2D eigenvalue weighted by Crippen LogP contribution is -2.41. The van der Waals surface area contributed by atoms with E-state index in [4.69, 9.17) is 15.9 Å². The third-order valence-corrected chi connectivity index (χ3v) is 2.94. The molecule has 0 saturated heterocycles. The van der Waals surface area contributed by atoms with Crippen molar-refractivity contribution in [1.29, 1.82) is 0 Å². The number of carboxylic acids is 2. The van der Waals surface area contributed by atoms with Gasteiger partial charge in [-0.3, -0.25) is 9.59 Å². The van der Waals surface area contributed by atoms with Crippen LogP contribution in [0.3, 0.4) is 0 Å². The fourth-order valence-electron chi connectivity index (χ4n) is 0.955. The molecule has 0 aromatic rings. The van der Waals surface area contributed by atoms with E-state index in [1.807, 2.05) is 0 Å². The standard InChI is InChI=1S/C9H16N2O5S/c1-5(12)11-7(9(15)16)4-17-3-2-6(10)8(13)14/h6-7H,2-4,10H2,1H3,(H,11,12)(H,13,14)(H,15,16). The molecule has 1 amide bonds. The summed E-state index contributed by atoms with van der Waals surface area (Å²) < 4.78 is 0. The predicted octanol–water partition coefficient (Wildman–Crippen LogP) is -0.889. The molecule has 2 unspecified atom stereocenters. The van der Waals surface area contributed by atoms with Gasteiger partial charge >= 0.3 is 11.9 Å². The molecule has 0 spiro atoms. The number of carbonyl (C=O) groups excluding carboxylic acids is 1. The van der Waals surface area contributed by atoms with Crippen LogP contribution in [-0.2, 0) is 14.4 Å². The maximum absolute atomic E-state index is 10.7. The summed E-state index contributed by atoms with van der Waals surface area (Å²) in [5.41, 5.74) is 5.27. The highest BCUT2D eigenvalue weighted by molar-refractivity contribution is 7.99. The fraction of sp³-hybridized carbons (Fsp3) is 0.667.